The van der Waals surface area contributed by atoms with Crippen molar-refractivity contribution in [3.63, 3.8) is 0 Å². The molecule has 152 valence electrons. The van der Waals surface area contributed by atoms with Crippen LogP contribution in [0.2, 0.25) is 0 Å². The first-order valence-electron chi connectivity index (χ1n) is 9.63. The number of esters is 1. The second-order valence-electron chi connectivity index (χ2n) is 6.84. The maximum absolute atomic E-state index is 12.4. The molecule has 7 nitrogen and oxygen atoms in total. The second kappa shape index (κ2) is 9.23. The largest absolute Gasteiger partial charge is 0.482 e. The van der Waals surface area contributed by atoms with E-state index >= 15 is 0 Å². The molecule has 0 unspecified atom stereocenters. The number of nitrogens with zero attached hydrogens (tertiary/aromatic N) is 2. The zero-order valence-corrected chi connectivity index (χ0v) is 16.8. The van der Waals surface area contributed by atoms with Gasteiger partial charge in [-0.2, -0.15) is 5.10 Å². The lowest BCUT2D eigenvalue weighted by molar-refractivity contribution is -0.155. The highest BCUT2D eigenvalue weighted by molar-refractivity contribution is 5.94. The summed E-state index contributed by atoms with van der Waals surface area (Å²) >= 11 is 0. The van der Waals surface area contributed by atoms with E-state index < -0.39 is 18.0 Å². The van der Waals surface area contributed by atoms with Crippen LogP contribution in [0.15, 0.2) is 54.7 Å². The van der Waals surface area contributed by atoms with Gasteiger partial charge in [0.15, 0.2) is 12.7 Å². The van der Waals surface area contributed by atoms with Gasteiger partial charge in [-0.15, -0.1) is 0 Å². The molecule has 0 aliphatic carbocycles. The zero-order chi connectivity index (χ0) is 20.8. The van der Waals surface area contributed by atoms with Crippen molar-refractivity contribution in [1.29, 1.82) is 0 Å². The molecule has 1 aromatic heterocycles. The van der Waals surface area contributed by atoms with Gasteiger partial charge in [-0.1, -0.05) is 37.3 Å². The van der Waals surface area contributed by atoms with Crippen molar-refractivity contribution >= 4 is 28.5 Å². The summed E-state index contributed by atoms with van der Waals surface area (Å²) in [5.74, 6) is 0.0974. The third-order valence-corrected chi connectivity index (χ3v) is 4.68. The standard InChI is InChI=1S/C22H25N3O4/c1-4-15(2)25-20(11-12-23-25)24-22(27)16(3)29-21(26)14-28-19-10-9-17-7-5-6-8-18(17)13-19/h5-13,15-16H,4,14H2,1-3H3,(H,24,27)/t15-,16-/m1/s1. The van der Waals surface area contributed by atoms with Gasteiger partial charge in [-0.05, 0) is 43.2 Å². The van der Waals surface area contributed by atoms with Crippen LogP contribution in [0.25, 0.3) is 10.8 Å². The molecule has 2 atom stereocenters. The second-order valence-corrected chi connectivity index (χ2v) is 6.84. The Morgan fingerprint density at radius 2 is 1.86 bits per heavy atom. The number of fused-ring (bicyclic) bond motifs is 1. The first kappa shape index (κ1) is 20.4. The van der Waals surface area contributed by atoms with Crippen molar-refractivity contribution < 1.29 is 19.1 Å². The molecule has 2 aromatic carbocycles. The first-order valence-corrected chi connectivity index (χ1v) is 9.63. The lowest BCUT2D eigenvalue weighted by atomic mass is 10.1. The van der Waals surface area contributed by atoms with Crippen molar-refractivity contribution in [1.82, 2.24) is 9.78 Å². The van der Waals surface area contributed by atoms with E-state index in [1.54, 1.807) is 23.0 Å². The SMILES string of the molecule is CC[C@@H](C)n1nccc1NC(=O)[C@@H](C)OC(=O)COc1ccc2ccccc2c1. The molecular weight excluding hydrogens is 370 g/mol. The van der Waals surface area contributed by atoms with Gasteiger partial charge in [0.2, 0.25) is 0 Å². The molecule has 3 rings (SSSR count). The van der Waals surface area contributed by atoms with Gasteiger partial charge in [-0.3, -0.25) is 4.79 Å². The molecule has 0 saturated heterocycles. The number of carbonyl (C=O) groups is 2. The van der Waals surface area contributed by atoms with Crippen LogP contribution in [0.5, 0.6) is 5.75 Å². The molecule has 0 aliphatic heterocycles. The highest BCUT2D eigenvalue weighted by atomic mass is 16.6. The highest BCUT2D eigenvalue weighted by Crippen LogP contribution is 2.20. The number of hydrogen-bond acceptors (Lipinski definition) is 5. The number of benzene rings is 2. The fourth-order valence-corrected chi connectivity index (χ4v) is 2.85. The third-order valence-electron chi connectivity index (χ3n) is 4.68. The number of aromatic nitrogens is 2. The molecule has 0 aliphatic rings. The van der Waals surface area contributed by atoms with Crippen molar-refractivity contribution in [3.8, 4) is 5.75 Å². The minimum Gasteiger partial charge on any atom is -0.482 e. The van der Waals surface area contributed by atoms with Crippen LogP contribution in [0.4, 0.5) is 5.82 Å². The fourth-order valence-electron chi connectivity index (χ4n) is 2.85. The van der Waals surface area contributed by atoms with Gasteiger partial charge in [0.1, 0.15) is 11.6 Å². The average molecular weight is 395 g/mol. The highest BCUT2D eigenvalue weighted by Gasteiger charge is 2.20. The van der Waals surface area contributed by atoms with Crippen LogP contribution in [0, 0.1) is 0 Å². The van der Waals surface area contributed by atoms with Crippen molar-refractivity contribution in [2.24, 2.45) is 0 Å². The van der Waals surface area contributed by atoms with E-state index in [0.29, 0.717) is 11.6 Å². The predicted octanol–water partition coefficient (Wildman–Crippen LogP) is 3.96. The number of carbonyl (C=O) groups excluding carboxylic acids is 2. The van der Waals surface area contributed by atoms with Crippen LogP contribution >= 0.6 is 0 Å². The van der Waals surface area contributed by atoms with E-state index in [2.05, 4.69) is 10.4 Å². The molecule has 0 bridgehead atoms. The van der Waals surface area contributed by atoms with Crippen LogP contribution in [0.1, 0.15) is 33.2 Å². The Bertz CT molecular complexity index is 998. The molecule has 1 amide bonds. The summed E-state index contributed by atoms with van der Waals surface area (Å²) in [5, 5.41) is 9.07. The first-order chi connectivity index (χ1) is 14.0. The van der Waals surface area contributed by atoms with E-state index in [-0.39, 0.29) is 12.6 Å². The van der Waals surface area contributed by atoms with E-state index in [4.69, 9.17) is 9.47 Å². The summed E-state index contributed by atoms with van der Waals surface area (Å²) in [7, 11) is 0. The van der Waals surface area contributed by atoms with Crippen molar-refractivity contribution in [2.45, 2.75) is 39.3 Å². The molecule has 1 N–H and O–H groups in total. The predicted molar refractivity (Wildman–Crippen MR) is 111 cm³/mol. The Balaban J connectivity index is 1.51. The monoisotopic (exact) mass is 395 g/mol. The van der Waals surface area contributed by atoms with Crippen LogP contribution in [-0.2, 0) is 14.3 Å². The topological polar surface area (TPSA) is 82.5 Å². The quantitative estimate of drug-likeness (QED) is 0.584. The molecule has 0 radical (unpaired) electrons. The third kappa shape index (κ3) is 5.13. The summed E-state index contributed by atoms with van der Waals surface area (Å²) in [6.07, 6.45) is 1.54. The number of nitrogens with one attached hydrogen (secondary N) is 1. The summed E-state index contributed by atoms with van der Waals surface area (Å²) in [6, 6.07) is 15.3. The van der Waals surface area contributed by atoms with E-state index in [1.807, 2.05) is 50.2 Å². The zero-order valence-electron chi connectivity index (χ0n) is 16.8. The number of anilines is 1. The van der Waals surface area contributed by atoms with Crippen LogP contribution in [0.3, 0.4) is 0 Å². The maximum atomic E-state index is 12.4. The Morgan fingerprint density at radius 3 is 2.62 bits per heavy atom. The number of ether oxygens (including phenoxy) is 2. The molecule has 1 heterocycles. The van der Waals surface area contributed by atoms with E-state index in [9.17, 15) is 9.59 Å². The number of amides is 1. The van der Waals surface area contributed by atoms with Crippen LogP contribution in [-0.4, -0.2) is 34.4 Å². The number of hydrogen-bond donors (Lipinski definition) is 1. The Kier molecular flexibility index (Phi) is 6.49. The lowest BCUT2D eigenvalue weighted by Gasteiger charge is -2.17. The maximum Gasteiger partial charge on any atom is 0.344 e. The van der Waals surface area contributed by atoms with E-state index in [0.717, 1.165) is 17.2 Å². The van der Waals surface area contributed by atoms with E-state index in [1.165, 1.54) is 6.92 Å². The van der Waals surface area contributed by atoms with Gasteiger partial charge >= 0.3 is 5.97 Å². The summed E-state index contributed by atoms with van der Waals surface area (Å²) in [6.45, 7) is 5.29. The van der Waals surface area contributed by atoms with Gasteiger partial charge in [-0.25, -0.2) is 9.48 Å². The van der Waals surface area contributed by atoms with Gasteiger partial charge in [0.05, 0.1) is 12.2 Å². The molecule has 7 heteroatoms. The Morgan fingerprint density at radius 1 is 1.10 bits per heavy atom. The van der Waals surface area contributed by atoms with Gasteiger partial charge in [0.25, 0.3) is 5.91 Å². The molecule has 0 saturated carbocycles. The van der Waals surface area contributed by atoms with Crippen molar-refractivity contribution in [2.75, 3.05) is 11.9 Å². The van der Waals surface area contributed by atoms with Gasteiger partial charge < -0.3 is 14.8 Å². The molecule has 0 fully saturated rings. The summed E-state index contributed by atoms with van der Waals surface area (Å²) < 4.78 is 12.4. The van der Waals surface area contributed by atoms with Crippen molar-refractivity contribution in [3.05, 3.63) is 54.7 Å². The van der Waals surface area contributed by atoms with Crippen LogP contribution < -0.4 is 10.1 Å². The van der Waals surface area contributed by atoms with Gasteiger partial charge in [0, 0.05) is 6.07 Å². The average Bonchev–Trinajstić information content (AvgIpc) is 3.19. The minimum atomic E-state index is -0.956. The summed E-state index contributed by atoms with van der Waals surface area (Å²) in [5.41, 5.74) is 0. The lowest BCUT2D eigenvalue weighted by Crippen LogP contribution is -2.32. The Hall–Kier alpha value is -3.35. The molecule has 3 aromatic rings. The molecule has 29 heavy (non-hydrogen) atoms. The fraction of sp³-hybridized carbons (Fsp3) is 0.318. The number of rotatable bonds is 8. The molecule has 0 spiro atoms. The normalized spacial score (nSPS) is 12.9. The smallest absolute Gasteiger partial charge is 0.344 e. The molecular formula is C22H25N3O4. The summed E-state index contributed by atoms with van der Waals surface area (Å²) in [4.78, 5) is 24.4. The Labute approximate surface area is 169 Å². The minimum absolute atomic E-state index is 0.147.